The molecule has 0 saturated heterocycles. The Morgan fingerprint density at radius 2 is 2.18 bits per heavy atom. The molecule has 0 radical (unpaired) electrons. The third-order valence-electron chi connectivity index (χ3n) is 3.09. The molecule has 1 aromatic rings. The van der Waals surface area contributed by atoms with Gasteiger partial charge in [-0.05, 0) is 31.9 Å². The average molecular weight is 239 g/mol. The third-order valence-corrected chi connectivity index (χ3v) is 3.09. The van der Waals surface area contributed by atoms with Gasteiger partial charge in [-0.1, -0.05) is 6.07 Å². The first-order chi connectivity index (χ1) is 8.15. The Hall–Kier alpha value is -1.13. The fourth-order valence-corrected chi connectivity index (χ4v) is 2.18. The van der Waals surface area contributed by atoms with E-state index in [-0.39, 0.29) is 12.4 Å². The SMILES string of the molecule is CC(O)c1c(F)cccc1N(CCO)C1CC1. The number of aliphatic hydroxyl groups is 2. The lowest BCUT2D eigenvalue weighted by atomic mass is 10.1. The Morgan fingerprint density at radius 1 is 1.47 bits per heavy atom. The molecular formula is C13H18FNO2. The minimum absolute atomic E-state index is 0.0340. The zero-order valence-corrected chi connectivity index (χ0v) is 9.93. The molecule has 1 atom stereocenters. The highest BCUT2D eigenvalue weighted by Crippen LogP contribution is 2.36. The topological polar surface area (TPSA) is 43.7 Å². The summed E-state index contributed by atoms with van der Waals surface area (Å²) in [6.45, 7) is 2.08. The molecule has 1 unspecified atom stereocenters. The van der Waals surface area contributed by atoms with Crippen LogP contribution in [0.4, 0.5) is 10.1 Å². The van der Waals surface area contributed by atoms with E-state index < -0.39 is 6.10 Å². The Kier molecular flexibility index (Phi) is 3.64. The van der Waals surface area contributed by atoms with Gasteiger partial charge in [-0.15, -0.1) is 0 Å². The highest BCUT2D eigenvalue weighted by atomic mass is 19.1. The fraction of sp³-hybridized carbons (Fsp3) is 0.538. The molecule has 0 bridgehead atoms. The van der Waals surface area contributed by atoms with Crippen LogP contribution in [0, 0.1) is 5.82 Å². The highest BCUT2D eigenvalue weighted by Gasteiger charge is 2.31. The molecule has 1 aliphatic rings. The Labute approximate surface area is 100 Å². The van der Waals surface area contributed by atoms with Crippen molar-refractivity contribution < 1.29 is 14.6 Å². The third kappa shape index (κ3) is 2.58. The molecule has 0 aromatic heterocycles. The van der Waals surface area contributed by atoms with Crippen molar-refractivity contribution in [2.75, 3.05) is 18.1 Å². The zero-order valence-electron chi connectivity index (χ0n) is 9.93. The predicted octanol–water partition coefficient (Wildman–Crippen LogP) is 1.84. The van der Waals surface area contributed by atoms with E-state index in [2.05, 4.69) is 0 Å². The highest BCUT2D eigenvalue weighted by molar-refractivity contribution is 5.56. The van der Waals surface area contributed by atoms with E-state index in [1.165, 1.54) is 6.07 Å². The van der Waals surface area contributed by atoms with E-state index in [9.17, 15) is 9.50 Å². The summed E-state index contributed by atoms with van der Waals surface area (Å²) < 4.78 is 13.7. The molecule has 0 spiro atoms. The van der Waals surface area contributed by atoms with Crippen LogP contribution in [-0.4, -0.2) is 29.4 Å². The average Bonchev–Trinajstić information content (AvgIpc) is 3.08. The number of nitrogens with zero attached hydrogens (tertiary/aromatic N) is 1. The second kappa shape index (κ2) is 5.02. The van der Waals surface area contributed by atoms with Gasteiger partial charge in [0, 0.05) is 23.8 Å². The number of aliphatic hydroxyl groups excluding tert-OH is 2. The quantitative estimate of drug-likeness (QED) is 0.824. The predicted molar refractivity (Wildman–Crippen MR) is 64.5 cm³/mol. The largest absolute Gasteiger partial charge is 0.395 e. The monoisotopic (exact) mass is 239 g/mol. The summed E-state index contributed by atoms with van der Waals surface area (Å²) in [5, 5.41) is 18.8. The van der Waals surface area contributed by atoms with Gasteiger partial charge in [0.15, 0.2) is 0 Å². The van der Waals surface area contributed by atoms with Gasteiger partial charge in [-0.25, -0.2) is 4.39 Å². The van der Waals surface area contributed by atoms with E-state index in [0.717, 1.165) is 12.8 Å². The van der Waals surface area contributed by atoms with E-state index in [1.54, 1.807) is 19.1 Å². The summed E-state index contributed by atoms with van der Waals surface area (Å²) in [6.07, 6.45) is 1.29. The maximum absolute atomic E-state index is 13.7. The normalized spacial score (nSPS) is 16.9. The summed E-state index contributed by atoms with van der Waals surface area (Å²) >= 11 is 0. The fourth-order valence-electron chi connectivity index (χ4n) is 2.18. The molecule has 0 aliphatic heterocycles. The van der Waals surface area contributed by atoms with Gasteiger partial charge >= 0.3 is 0 Å². The zero-order chi connectivity index (χ0) is 12.4. The molecule has 1 aromatic carbocycles. The molecule has 2 rings (SSSR count). The van der Waals surface area contributed by atoms with Crippen molar-refractivity contribution in [2.24, 2.45) is 0 Å². The van der Waals surface area contributed by atoms with Crippen LogP contribution in [0.1, 0.15) is 31.4 Å². The van der Waals surface area contributed by atoms with Gasteiger partial charge in [0.05, 0.1) is 12.7 Å². The molecule has 1 fully saturated rings. The molecule has 1 saturated carbocycles. The Morgan fingerprint density at radius 3 is 2.71 bits per heavy atom. The molecule has 0 heterocycles. The molecule has 3 nitrogen and oxygen atoms in total. The van der Waals surface area contributed by atoms with E-state index in [0.29, 0.717) is 23.8 Å². The molecule has 4 heteroatoms. The molecule has 1 aliphatic carbocycles. The summed E-state index contributed by atoms with van der Waals surface area (Å²) in [5.41, 5.74) is 1.03. The lowest BCUT2D eigenvalue weighted by Gasteiger charge is -2.27. The molecule has 17 heavy (non-hydrogen) atoms. The van der Waals surface area contributed by atoms with Crippen LogP contribution in [0.3, 0.4) is 0 Å². The standard InChI is InChI=1S/C13H18FNO2/c1-9(17)13-11(14)3-2-4-12(13)15(7-8-16)10-5-6-10/h2-4,9-10,16-17H,5-8H2,1H3. The van der Waals surface area contributed by atoms with Gasteiger partial charge in [0.1, 0.15) is 5.82 Å². The van der Waals surface area contributed by atoms with Crippen LogP contribution in [-0.2, 0) is 0 Å². The van der Waals surface area contributed by atoms with Gasteiger partial charge in [0.2, 0.25) is 0 Å². The number of hydrogen-bond donors (Lipinski definition) is 2. The second-order valence-corrected chi connectivity index (χ2v) is 4.50. The van der Waals surface area contributed by atoms with Crippen molar-refractivity contribution in [3.8, 4) is 0 Å². The van der Waals surface area contributed by atoms with Crippen molar-refractivity contribution in [3.63, 3.8) is 0 Å². The van der Waals surface area contributed by atoms with E-state index in [4.69, 9.17) is 5.11 Å². The van der Waals surface area contributed by atoms with Crippen LogP contribution < -0.4 is 4.90 Å². The van der Waals surface area contributed by atoms with Crippen molar-refractivity contribution in [3.05, 3.63) is 29.6 Å². The van der Waals surface area contributed by atoms with E-state index >= 15 is 0 Å². The summed E-state index contributed by atoms with van der Waals surface area (Å²) in [7, 11) is 0. The van der Waals surface area contributed by atoms with Crippen LogP contribution in [0.25, 0.3) is 0 Å². The first-order valence-corrected chi connectivity index (χ1v) is 5.99. The summed E-state index contributed by atoms with van der Waals surface area (Å²) in [4.78, 5) is 1.99. The molecular weight excluding hydrogens is 221 g/mol. The number of anilines is 1. The number of benzene rings is 1. The van der Waals surface area contributed by atoms with Gasteiger partial charge in [0.25, 0.3) is 0 Å². The maximum Gasteiger partial charge on any atom is 0.131 e. The minimum Gasteiger partial charge on any atom is -0.395 e. The maximum atomic E-state index is 13.7. The van der Waals surface area contributed by atoms with Crippen LogP contribution >= 0.6 is 0 Å². The Balaban J connectivity index is 2.37. The van der Waals surface area contributed by atoms with Gasteiger partial charge in [-0.3, -0.25) is 0 Å². The molecule has 94 valence electrons. The van der Waals surface area contributed by atoms with E-state index in [1.807, 2.05) is 4.90 Å². The van der Waals surface area contributed by atoms with Crippen molar-refractivity contribution in [1.82, 2.24) is 0 Å². The lowest BCUT2D eigenvalue weighted by molar-refractivity contribution is 0.194. The Bertz CT molecular complexity index is 391. The minimum atomic E-state index is -0.842. The van der Waals surface area contributed by atoms with Gasteiger partial charge < -0.3 is 15.1 Å². The molecule has 0 amide bonds. The van der Waals surface area contributed by atoms with Crippen LogP contribution in [0.5, 0.6) is 0 Å². The van der Waals surface area contributed by atoms with Crippen molar-refractivity contribution in [2.45, 2.75) is 31.9 Å². The smallest absolute Gasteiger partial charge is 0.131 e. The van der Waals surface area contributed by atoms with Gasteiger partial charge in [-0.2, -0.15) is 0 Å². The molecule has 2 N–H and O–H groups in total. The number of hydrogen-bond acceptors (Lipinski definition) is 3. The number of rotatable bonds is 5. The first kappa shape index (κ1) is 12.3. The second-order valence-electron chi connectivity index (χ2n) is 4.50. The van der Waals surface area contributed by atoms with Crippen molar-refractivity contribution in [1.29, 1.82) is 0 Å². The summed E-state index contributed by atoms with van der Waals surface area (Å²) in [6, 6.07) is 5.18. The lowest BCUT2D eigenvalue weighted by Crippen LogP contribution is -2.30. The number of halogens is 1. The van der Waals surface area contributed by atoms with Crippen LogP contribution in [0.2, 0.25) is 0 Å². The summed E-state index contributed by atoms with van der Waals surface area (Å²) in [5.74, 6) is -0.388. The van der Waals surface area contributed by atoms with Crippen LogP contribution in [0.15, 0.2) is 18.2 Å². The first-order valence-electron chi connectivity index (χ1n) is 5.99. The van der Waals surface area contributed by atoms with Crippen molar-refractivity contribution >= 4 is 5.69 Å².